The zero-order valence-electron chi connectivity index (χ0n) is 11.3. The molecule has 20 heavy (non-hydrogen) atoms. The van der Waals surface area contributed by atoms with Crippen molar-refractivity contribution in [3.63, 3.8) is 0 Å². The molecule has 0 bridgehead atoms. The Balaban J connectivity index is 2.40. The summed E-state index contributed by atoms with van der Waals surface area (Å²) in [5.41, 5.74) is 11.2. The maximum atomic E-state index is 11.4. The number of primary amides is 1. The van der Waals surface area contributed by atoms with Gasteiger partial charge < -0.3 is 26.8 Å². The van der Waals surface area contributed by atoms with E-state index >= 15 is 0 Å². The lowest BCUT2D eigenvalue weighted by Crippen LogP contribution is -2.28. The van der Waals surface area contributed by atoms with Crippen LogP contribution in [0.3, 0.4) is 0 Å². The van der Waals surface area contributed by atoms with Crippen LogP contribution in [-0.4, -0.2) is 43.6 Å². The number of hydrogen-bond donors (Lipinski definition) is 4. The topological polar surface area (TPSA) is 132 Å². The number of aromatic nitrogens is 1. The Hall–Kier alpha value is -2.35. The van der Waals surface area contributed by atoms with Crippen LogP contribution >= 0.6 is 0 Å². The molecule has 0 aliphatic rings. The average Bonchev–Trinajstić information content (AvgIpc) is 2.40. The molecule has 110 valence electrons. The van der Waals surface area contributed by atoms with E-state index in [2.05, 4.69) is 15.6 Å². The minimum Gasteiger partial charge on any atom is -0.397 e. The third-order valence-electron chi connectivity index (χ3n) is 2.49. The van der Waals surface area contributed by atoms with Gasteiger partial charge in [-0.25, -0.2) is 4.98 Å². The molecular formula is C12H19N5O3. The molecule has 0 radical (unpaired) electrons. The first-order valence-electron chi connectivity index (χ1n) is 6.09. The van der Waals surface area contributed by atoms with Crippen LogP contribution in [0.2, 0.25) is 0 Å². The molecule has 1 aromatic heterocycles. The third-order valence-corrected chi connectivity index (χ3v) is 2.49. The van der Waals surface area contributed by atoms with Crippen molar-refractivity contribution in [1.82, 2.24) is 10.3 Å². The van der Waals surface area contributed by atoms with Crippen LogP contribution in [0.4, 0.5) is 11.5 Å². The van der Waals surface area contributed by atoms with Crippen molar-refractivity contribution in [2.75, 3.05) is 37.9 Å². The molecule has 1 aromatic rings. The lowest BCUT2D eigenvalue weighted by atomic mass is 10.2. The van der Waals surface area contributed by atoms with Gasteiger partial charge in [-0.1, -0.05) is 0 Å². The van der Waals surface area contributed by atoms with Gasteiger partial charge >= 0.3 is 0 Å². The number of carbonyl (C=O) groups excluding carboxylic acids is 2. The van der Waals surface area contributed by atoms with Gasteiger partial charge in [0.2, 0.25) is 5.91 Å². The average molecular weight is 281 g/mol. The molecule has 0 fully saturated rings. The van der Waals surface area contributed by atoms with Gasteiger partial charge in [0.15, 0.2) is 0 Å². The van der Waals surface area contributed by atoms with Crippen molar-refractivity contribution in [3.8, 4) is 0 Å². The summed E-state index contributed by atoms with van der Waals surface area (Å²) in [7, 11) is 1.57. The fraction of sp³-hybridized carbons (Fsp3) is 0.417. The van der Waals surface area contributed by atoms with Gasteiger partial charge in [0.1, 0.15) is 5.82 Å². The van der Waals surface area contributed by atoms with Crippen molar-refractivity contribution >= 4 is 23.3 Å². The first kappa shape index (κ1) is 15.7. The predicted molar refractivity (Wildman–Crippen MR) is 75.2 cm³/mol. The Morgan fingerprint density at radius 1 is 1.40 bits per heavy atom. The number of ether oxygens (including phenoxy) is 1. The highest BCUT2D eigenvalue weighted by atomic mass is 16.5. The van der Waals surface area contributed by atoms with E-state index < -0.39 is 5.91 Å². The number of anilines is 2. The monoisotopic (exact) mass is 281 g/mol. The number of methoxy groups -OCH3 is 1. The Bertz CT molecular complexity index is 478. The molecule has 0 atom stereocenters. The van der Waals surface area contributed by atoms with Crippen molar-refractivity contribution in [2.45, 2.75) is 6.42 Å². The zero-order valence-corrected chi connectivity index (χ0v) is 11.3. The fourth-order valence-corrected chi connectivity index (χ4v) is 1.46. The van der Waals surface area contributed by atoms with E-state index in [9.17, 15) is 9.59 Å². The van der Waals surface area contributed by atoms with Crippen LogP contribution in [0.1, 0.15) is 16.8 Å². The molecule has 0 unspecified atom stereocenters. The lowest BCUT2D eigenvalue weighted by Gasteiger charge is -2.08. The van der Waals surface area contributed by atoms with Crippen LogP contribution in [-0.2, 0) is 9.53 Å². The largest absolute Gasteiger partial charge is 0.397 e. The molecule has 0 aliphatic heterocycles. The highest BCUT2D eigenvalue weighted by Gasteiger charge is 2.08. The highest BCUT2D eigenvalue weighted by Crippen LogP contribution is 2.13. The van der Waals surface area contributed by atoms with E-state index in [0.717, 1.165) is 0 Å². The summed E-state index contributed by atoms with van der Waals surface area (Å²) in [6, 6.07) is 1.46. The molecule has 6 N–H and O–H groups in total. The second-order valence-corrected chi connectivity index (χ2v) is 4.04. The Morgan fingerprint density at radius 2 is 2.15 bits per heavy atom. The molecule has 0 saturated heterocycles. The predicted octanol–water partition coefficient (Wildman–Crippen LogP) is -0.673. The molecule has 0 aliphatic carbocycles. The van der Waals surface area contributed by atoms with Gasteiger partial charge in [-0.2, -0.15) is 0 Å². The maximum Gasteiger partial charge on any atom is 0.250 e. The van der Waals surface area contributed by atoms with Crippen LogP contribution in [0.5, 0.6) is 0 Å². The van der Waals surface area contributed by atoms with Gasteiger partial charge in [0.05, 0.1) is 24.1 Å². The molecule has 1 heterocycles. The smallest absolute Gasteiger partial charge is 0.250 e. The normalized spacial score (nSPS) is 10.1. The Labute approximate surface area is 116 Å². The second kappa shape index (κ2) is 7.95. The summed E-state index contributed by atoms with van der Waals surface area (Å²) in [5, 5.41) is 5.61. The van der Waals surface area contributed by atoms with E-state index in [-0.39, 0.29) is 23.6 Å². The lowest BCUT2D eigenvalue weighted by molar-refractivity contribution is -0.121. The van der Waals surface area contributed by atoms with Gasteiger partial charge in [-0.15, -0.1) is 0 Å². The van der Waals surface area contributed by atoms with Crippen molar-refractivity contribution in [1.29, 1.82) is 0 Å². The highest BCUT2D eigenvalue weighted by molar-refractivity contribution is 5.98. The van der Waals surface area contributed by atoms with Crippen LogP contribution in [0.25, 0.3) is 0 Å². The van der Waals surface area contributed by atoms with Crippen LogP contribution in [0.15, 0.2) is 12.3 Å². The minimum atomic E-state index is -0.620. The summed E-state index contributed by atoms with van der Waals surface area (Å²) in [5.74, 6) is -0.275. The minimum absolute atomic E-state index is 0.0971. The van der Waals surface area contributed by atoms with Crippen molar-refractivity contribution in [3.05, 3.63) is 17.8 Å². The summed E-state index contributed by atoms with van der Waals surface area (Å²) in [4.78, 5) is 26.5. The number of amides is 2. The molecule has 1 rings (SSSR count). The van der Waals surface area contributed by atoms with E-state index in [1.165, 1.54) is 12.3 Å². The molecule has 8 nitrogen and oxygen atoms in total. The number of nitrogen functional groups attached to an aromatic ring is 1. The molecule has 2 amide bonds. The molecule has 0 spiro atoms. The summed E-state index contributed by atoms with van der Waals surface area (Å²) in [6.45, 7) is 1.33. The fourth-order valence-electron chi connectivity index (χ4n) is 1.46. The van der Waals surface area contributed by atoms with E-state index in [1.807, 2.05) is 0 Å². The maximum absolute atomic E-state index is 11.4. The number of nitrogens with one attached hydrogen (secondary N) is 2. The Morgan fingerprint density at radius 3 is 2.80 bits per heavy atom. The SMILES string of the molecule is COCCNC(=O)CCNc1cc(C(N)=O)c(N)cn1. The summed E-state index contributed by atoms with van der Waals surface area (Å²) >= 11 is 0. The number of pyridine rings is 1. The summed E-state index contributed by atoms with van der Waals surface area (Å²) in [6.07, 6.45) is 1.63. The summed E-state index contributed by atoms with van der Waals surface area (Å²) < 4.78 is 4.82. The molecule has 8 heteroatoms. The van der Waals surface area contributed by atoms with Crippen LogP contribution < -0.4 is 22.1 Å². The van der Waals surface area contributed by atoms with Crippen LogP contribution in [0, 0.1) is 0 Å². The molecular weight excluding hydrogens is 262 g/mol. The number of nitrogens with two attached hydrogens (primary N) is 2. The van der Waals surface area contributed by atoms with Crippen molar-refractivity contribution in [2.24, 2.45) is 5.73 Å². The van der Waals surface area contributed by atoms with Gasteiger partial charge in [0, 0.05) is 26.6 Å². The zero-order chi connectivity index (χ0) is 15.0. The van der Waals surface area contributed by atoms with E-state index in [4.69, 9.17) is 16.2 Å². The Kier molecular flexibility index (Phi) is 6.24. The van der Waals surface area contributed by atoms with Gasteiger partial charge in [0.25, 0.3) is 5.91 Å². The number of hydrogen-bond acceptors (Lipinski definition) is 6. The quantitative estimate of drug-likeness (QED) is 0.467. The first-order chi connectivity index (χ1) is 9.54. The first-order valence-corrected chi connectivity index (χ1v) is 6.09. The van der Waals surface area contributed by atoms with E-state index in [0.29, 0.717) is 25.5 Å². The number of carbonyl (C=O) groups is 2. The third kappa shape index (κ3) is 5.11. The van der Waals surface area contributed by atoms with Crippen molar-refractivity contribution < 1.29 is 14.3 Å². The number of nitrogens with zero attached hydrogens (tertiary/aromatic N) is 1. The molecule has 0 saturated carbocycles. The number of rotatable bonds is 8. The standard InChI is InChI=1S/C12H19N5O3/c1-20-5-4-16-11(18)2-3-15-10-6-8(12(14)19)9(13)7-17-10/h6-7H,2-5,13H2,1H3,(H2,14,19)(H,15,17)(H,16,18). The van der Waals surface area contributed by atoms with Gasteiger partial charge in [-0.05, 0) is 6.07 Å². The van der Waals surface area contributed by atoms with E-state index in [1.54, 1.807) is 7.11 Å². The van der Waals surface area contributed by atoms with Gasteiger partial charge in [-0.3, -0.25) is 9.59 Å². The molecule has 0 aromatic carbocycles. The second-order valence-electron chi connectivity index (χ2n) is 4.04.